The summed E-state index contributed by atoms with van der Waals surface area (Å²) >= 11 is 0. The molecule has 1 aromatic rings. The molecule has 0 saturated carbocycles. The number of sulfonamides is 1. The maximum absolute atomic E-state index is 11.6. The number of nitrogens with one attached hydrogen (secondary N) is 1. The Morgan fingerprint density at radius 3 is 2.79 bits per heavy atom. The second kappa shape index (κ2) is 7.67. The minimum absolute atomic E-state index is 0.0543. The number of terminal acetylenes is 1. The number of nitrogens with two attached hydrogens (primary N) is 1. The van der Waals surface area contributed by atoms with Crippen LogP contribution in [0.4, 0.5) is 5.69 Å². The summed E-state index contributed by atoms with van der Waals surface area (Å²) in [5.41, 5.74) is 6.16. The number of para-hydroxylation sites is 2. The van der Waals surface area contributed by atoms with E-state index in [0.717, 1.165) is 0 Å². The molecule has 0 spiro atoms. The first-order valence-electron chi connectivity index (χ1n) is 5.93. The van der Waals surface area contributed by atoms with Crippen molar-refractivity contribution in [2.45, 2.75) is 12.8 Å². The van der Waals surface area contributed by atoms with Gasteiger partial charge in [0.1, 0.15) is 12.4 Å². The zero-order chi connectivity index (χ0) is 14.1. The minimum atomic E-state index is -3.33. The molecule has 19 heavy (non-hydrogen) atoms. The summed E-state index contributed by atoms with van der Waals surface area (Å²) in [5.74, 6) is 2.83. The number of ether oxygens (including phenoxy) is 1. The van der Waals surface area contributed by atoms with Gasteiger partial charge in [-0.25, -0.2) is 13.1 Å². The molecule has 0 aliphatic carbocycles. The second-order valence-electron chi connectivity index (χ2n) is 3.91. The Morgan fingerprint density at radius 1 is 1.37 bits per heavy atom. The first-order valence-corrected chi connectivity index (χ1v) is 7.58. The molecule has 0 saturated heterocycles. The summed E-state index contributed by atoms with van der Waals surface area (Å²) in [4.78, 5) is 0. The highest BCUT2D eigenvalue weighted by Crippen LogP contribution is 2.19. The van der Waals surface area contributed by atoms with Crippen LogP contribution in [0.25, 0.3) is 0 Å². The summed E-state index contributed by atoms with van der Waals surface area (Å²) in [6.07, 6.45) is 6.26. The van der Waals surface area contributed by atoms with Crippen molar-refractivity contribution in [2.24, 2.45) is 0 Å². The first-order chi connectivity index (χ1) is 9.05. The Balaban J connectivity index is 2.32. The van der Waals surface area contributed by atoms with E-state index in [9.17, 15) is 8.42 Å². The second-order valence-corrected chi connectivity index (χ2v) is 5.83. The highest BCUT2D eigenvalue weighted by atomic mass is 32.2. The molecule has 6 heteroatoms. The summed E-state index contributed by atoms with van der Waals surface area (Å²) < 4.78 is 31.0. The third kappa shape index (κ3) is 6.13. The van der Waals surface area contributed by atoms with Gasteiger partial charge in [0.15, 0.2) is 0 Å². The summed E-state index contributed by atoms with van der Waals surface area (Å²) in [7, 11) is -3.33. The fourth-order valence-corrected chi connectivity index (χ4v) is 2.27. The van der Waals surface area contributed by atoms with E-state index in [0.29, 0.717) is 30.8 Å². The lowest BCUT2D eigenvalue weighted by Crippen LogP contribution is -2.29. The Morgan fingerprint density at radius 2 is 2.11 bits per heavy atom. The smallest absolute Gasteiger partial charge is 0.214 e. The van der Waals surface area contributed by atoms with E-state index in [1.54, 1.807) is 24.3 Å². The molecule has 0 aromatic heterocycles. The lowest BCUT2D eigenvalue weighted by molar-refractivity contribution is 0.342. The summed E-state index contributed by atoms with van der Waals surface area (Å²) in [5, 5.41) is 0. The molecule has 5 nitrogen and oxygen atoms in total. The molecule has 1 rings (SSSR count). The lowest BCUT2D eigenvalue weighted by Gasteiger charge is -2.09. The molecule has 0 atom stereocenters. The quantitative estimate of drug-likeness (QED) is 0.423. The zero-order valence-electron chi connectivity index (χ0n) is 10.6. The van der Waals surface area contributed by atoms with Crippen molar-refractivity contribution in [3.05, 3.63) is 24.3 Å². The van der Waals surface area contributed by atoms with Gasteiger partial charge in [-0.15, -0.1) is 12.3 Å². The van der Waals surface area contributed by atoms with Crippen LogP contribution in [0.5, 0.6) is 5.75 Å². The van der Waals surface area contributed by atoms with Crippen LogP contribution in [0, 0.1) is 12.3 Å². The average Bonchev–Trinajstić information content (AvgIpc) is 2.37. The molecule has 104 valence electrons. The Kier molecular flexibility index (Phi) is 6.19. The lowest BCUT2D eigenvalue weighted by atomic mass is 10.3. The van der Waals surface area contributed by atoms with Crippen molar-refractivity contribution < 1.29 is 13.2 Å². The number of benzene rings is 1. The molecule has 0 bridgehead atoms. The van der Waals surface area contributed by atoms with E-state index >= 15 is 0 Å². The van der Waals surface area contributed by atoms with Gasteiger partial charge in [0.05, 0.1) is 11.4 Å². The van der Waals surface area contributed by atoms with Gasteiger partial charge in [-0.05, 0) is 18.6 Å². The van der Waals surface area contributed by atoms with Crippen molar-refractivity contribution in [3.63, 3.8) is 0 Å². The number of anilines is 1. The van der Waals surface area contributed by atoms with Crippen LogP contribution >= 0.6 is 0 Å². The predicted octanol–water partition coefficient (Wildman–Crippen LogP) is 0.980. The molecule has 0 aliphatic rings. The molecular weight excluding hydrogens is 264 g/mol. The van der Waals surface area contributed by atoms with E-state index in [2.05, 4.69) is 10.6 Å². The highest BCUT2D eigenvalue weighted by Gasteiger charge is 2.10. The third-order valence-electron chi connectivity index (χ3n) is 2.35. The maximum atomic E-state index is 11.6. The maximum Gasteiger partial charge on any atom is 0.214 e. The van der Waals surface area contributed by atoms with Crippen molar-refractivity contribution in [1.29, 1.82) is 0 Å². The molecule has 0 amide bonds. The Labute approximate surface area is 114 Å². The van der Waals surface area contributed by atoms with Gasteiger partial charge < -0.3 is 10.5 Å². The van der Waals surface area contributed by atoms with Gasteiger partial charge in [0, 0.05) is 13.0 Å². The number of hydrogen-bond donors (Lipinski definition) is 2. The van der Waals surface area contributed by atoms with Gasteiger partial charge in [0.25, 0.3) is 0 Å². The summed E-state index contributed by atoms with van der Waals surface area (Å²) in [6, 6.07) is 6.95. The number of rotatable bonds is 8. The van der Waals surface area contributed by atoms with Gasteiger partial charge in [0.2, 0.25) is 10.0 Å². The molecular formula is C13H18N2O3S. The van der Waals surface area contributed by atoms with Crippen LogP contribution in [-0.2, 0) is 10.0 Å². The van der Waals surface area contributed by atoms with Crippen molar-refractivity contribution in [1.82, 2.24) is 4.72 Å². The van der Waals surface area contributed by atoms with Crippen molar-refractivity contribution >= 4 is 15.7 Å². The first kappa shape index (κ1) is 15.3. The van der Waals surface area contributed by atoms with Gasteiger partial charge >= 0.3 is 0 Å². The monoisotopic (exact) mass is 282 g/mol. The number of unbranched alkanes of at least 4 members (excludes halogenated alkanes) is 1. The Bertz CT molecular complexity index is 535. The third-order valence-corrected chi connectivity index (χ3v) is 3.70. The van der Waals surface area contributed by atoms with Crippen LogP contribution in [0.3, 0.4) is 0 Å². The minimum Gasteiger partial charge on any atom is -0.490 e. The van der Waals surface area contributed by atoms with Gasteiger partial charge in [-0.2, -0.15) is 0 Å². The molecule has 0 fully saturated rings. The van der Waals surface area contributed by atoms with E-state index in [1.165, 1.54) is 0 Å². The standard InChI is InChI=1S/C13H18N2O3S/c1-2-3-6-9-15-19(16,17)11-10-18-13-8-5-4-7-12(13)14/h1,4-5,7-8,15H,3,6,9-11,14H2. The number of hydrogen-bond acceptors (Lipinski definition) is 4. The summed E-state index contributed by atoms with van der Waals surface area (Å²) in [6.45, 7) is 0.401. The molecule has 0 radical (unpaired) electrons. The Hall–Kier alpha value is -1.71. The van der Waals surface area contributed by atoms with E-state index in [1.807, 2.05) is 0 Å². The van der Waals surface area contributed by atoms with E-state index in [4.69, 9.17) is 16.9 Å². The average molecular weight is 282 g/mol. The predicted molar refractivity (Wildman–Crippen MR) is 76.2 cm³/mol. The molecule has 3 N–H and O–H groups in total. The fourth-order valence-electron chi connectivity index (χ4n) is 1.36. The van der Waals surface area contributed by atoms with Crippen LogP contribution in [-0.4, -0.2) is 27.3 Å². The topological polar surface area (TPSA) is 81.4 Å². The molecule has 0 aliphatic heterocycles. The van der Waals surface area contributed by atoms with Gasteiger partial charge in [-0.3, -0.25) is 0 Å². The zero-order valence-corrected chi connectivity index (χ0v) is 11.4. The van der Waals surface area contributed by atoms with Crippen LogP contribution in [0.2, 0.25) is 0 Å². The van der Waals surface area contributed by atoms with Crippen LogP contribution in [0.15, 0.2) is 24.3 Å². The SMILES string of the molecule is C#CCCCNS(=O)(=O)CCOc1ccccc1N. The fraction of sp³-hybridized carbons (Fsp3) is 0.385. The van der Waals surface area contributed by atoms with Crippen molar-refractivity contribution in [3.8, 4) is 18.1 Å². The molecule has 0 unspecified atom stereocenters. The van der Waals surface area contributed by atoms with E-state index < -0.39 is 10.0 Å². The number of nitrogen functional groups attached to an aromatic ring is 1. The van der Waals surface area contributed by atoms with E-state index in [-0.39, 0.29) is 12.4 Å². The van der Waals surface area contributed by atoms with Crippen LogP contribution in [0.1, 0.15) is 12.8 Å². The highest BCUT2D eigenvalue weighted by molar-refractivity contribution is 7.89. The molecule has 1 aromatic carbocycles. The van der Waals surface area contributed by atoms with Crippen molar-refractivity contribution in [2.75, 3.05) is 24.6 Å². The normalized spacial score (nSPS) is 10.9. The molecule has 0 heterocycles. The van der Waals surface area contributed by atoms with Gasteiger partial charge in [-0.1, -0.05) is 12.1 Å². The van der Waals surface area contributed by atoms with Crippen LogP contribution < -0.4 is 15.2 Å². The largest absolute Gasteiger partial charge is 0.490 e.